The lowest BCUT2D eigenvalue weighted by Crippen LogP contribution is -2.12. The highest BCUT2D eigenvalue weighted by atomic mass is 79.9. The molecule has 1 aromatic heterocycles. The van der Waals surface area contributed by atoms with Gasteiger partial charge in [-0.25, -0.2) is 9.59 Å². The van der Waals surface area contributed by atoms with Crippen LogP contribution in [-0.4, -0.2) is 11.1 Å². The number of halogens is 1. The Kier molecular flexibility index (Phi) is 4.03. The van der Waals surface area contributed by atoms with Gasteiger partial charge in [0.05, 0.1) is 11.4 Å². The first-order chi connectivity index (χ1) is 11.0. The largest absolute Gasteiger partial charge is 0.477 e. The third-order valence-electron chi connectivity index (χ3n) is 3.05. The van der Waals surface area contributed by atoms with Gasteiger partial charge in [0, 0.05) is 9.86 Å². The van der Waals surface area contributed by atoms with E-state index in [4.69, 9.17) is 9.52 Å². The lowest BCUT2D eigenvalue weighted by Gasteiger charge is -1.99. The first-order valence-electron chi connectivity index (χ1n) is 6.51. The van der Waals surface area contributed by atoms with E-state index >= 15 is 0 Å². The quantitative estimate of drug-likeness (QED) is 0.533. The highest BCUT2D eigenvalue weighted by Gasteiger charge is 2.12. The van der Waals surface area contributed by atoms with Gasteiger partial charge in [-0.05, 0) is 48.5 Å². The van der Waals surface area contributed by atoms with E-state index in [1.165, 1.54) is 6.07 Å². The maximum atomic E-state index is 11.5. The molecular weight excluding hydrogens is 364 g/mol. The van der Waals surface area contributed by atoms with Crippen molar-refractivity contribution in [1.29, 1.82) is 0 Å². The maximum absolute atomic E-state index is 11.5. The Bertz CT molecular complexity index is 978. The van der Waals surface area contributed by atoms with Gasteiger partial charge in [-0.2, -0.15) is 10.2 Å². The Hall–Kier alpha value is -2.80. The molecule has 0 aliphatic rings. The number of carboxylic acid groups (broad SMARTS) is 1. The van der Waals surface area contributed by atoms with Crippen LogP contribution in [-0.2, 0) is 0 Å². The van der Waals surface area contributed by atoms with Gasteiger partial charge in [0.25, 0.3) is 0 Å². The fourth-order valence-electron chi connectivity index (χ4n) is 1.95. The van der Waals surface area contributed by atoms with Gasteiger partial charge in [-0.3, -0.25) is 0 Å². The molecule has 0 unspecified atom stereocenters. The minimum absolute atomic E-state index is 0.294. The number of hydrogen-bond acceptors (Lipinski definition) is 5. The van der Waals surface area contributed by atoms with E-state index in [-0.39, 0.29) is 0 Å². The van der Waals surface area contributed by atoms with Crippen molar-refractivity contribution in [3.63, 3.8) is 0 Å². The topological polar surface area (TPSA) is 92.2 Å². The molecule has 0 spiro atoms. The van der Waals surface area contributed by atoms with E-state index in [0.717, 1.165) is 4.47 Å². The van der Waals surface area contributed by atoms with Crippen LogP contribution < -0.4 is 5.63 Å². The molecule has 0 bridgehead atoms. The van der Waals surface area contributed by atoms with Crippen LogP contribution in [0.2, 0.25) is 0 Å². The van der Waals surface area contributed by atoms with Gasteiger partial charge in [-0.1, -0.05) is 15.9 Å². The molecular formula is C16H9BrN2O4. The fraction of sp³-hybridized carbons (Fsp3) is 0. The molecule has 6 nitrogen and oxygen atoms in total. The van der Waals surface area contributed by atoms with Gasteiger partial charge in [0.1, 0.15) is 11.1 Å². The molecule has 0 atom stereocenters. The number of hydrogen-bond donors (Lipinski definition) is 1. The molecule has 1 N–H and O–H groups in total. The number of carbonyl (C=O) groups is 1. The Balaban J connectivity index is 1.99. The number of rotatable bonds is 3. The average molecular weight is 373 g/mol. The Morgan fingerprint density at radius 3 is 2.35 bits per heavy atom. The first kappa shape index (κ1) is 15.1. The van der Waals surface area contributed by atoms with Gasteiger partial charge < -0.3 is 9.52 Å². The molecule has 0 radical (unpaired) electrons. The predicted octanol–water partition coefficient (Wildman–Crippen LogP) is 4.67. The summed E-state index contributed by atoms with van der Waals surface area (Å²) in [5.41, 5.74) is 0.195. The highest BCUT2D eigenvalue weighted by Crippen LogP contribution is 2.24. The van der Waals surface area contributed by atoms with Gasteiger partial charge in [0.2, 0.25) is 0 Å². The minimum Gasteiger partial charge on any atom is -0.477 e. The molecule has 0 saturated carbocycles. The summed E-state index contributed by atoms with van der Waals surface area (Å²) in [5.74, 6) is -1.33. The summed E-state index contributed by atoms with van der Waals surface area (Å²) in [4.78, 5) is 22.5. The Labute approximate surface area is 138 Å². The standard InChI is InChI=1S/C16H9BrN2O4/c17-10-1-3-11(4-2-10)18-19-12-5-6-14-9(7-12)8-13(15(20)21)16(22)23-14/h1-8H,(H,20,21)/b19-18+. The van der Waals surface area contributed by atoms with Gasteiger partial charge >= 0.3 is 11.6 Å². The molecule has 3 rings (SSSR count). The fourth-order valence-corrected chi connectivity index (χ4v) is 2.21. The number of azo groups is 1. The van der Waals surface area contributed by atoms with Crippen LogP contribution in [0.25, 0.3) is 11.0 Å². The van der Waals surface area contributed by atoms with Crippen LogP contribution in [0.1, 0.15) is 10.4 Å². The van der Waals surface area contributed by atoms with Crippen LogP contribution in [0.3, 0.4) is 0 Å². The van der Waals surface area contributed by atoms with Crippen molar-refractivity contribution >= 4 is 44.2 Å². The molecule has 3 aromatic rings. The van der Waals surface area contributed by atoms with E-state index in [1.807, 2.05) is 12.1 Å². The zero-order valence-corrected chi connectivity index (χ0v) is 13.1. The number of benzene rings is 2. The van der Waals surface area contributed by atoms with Crippen molar-refractivity contribution in [2.45, 2.75) is 0 Å². The van der Waals surface area contributed by atoms with E-state index in [1.54, 1.807) is 30.3 Å². The summed E-state index contributed by atoms with van der Waals surface area (Å²) in [6, 6.07) is 13.4. The molecule has 0 aliphatic heterocycles. The summed E-state index contributed by atoms with van der Waals surface area (Å²) in [5, 5.41) is 17.6. The zero-order chi connectivity index (χ0) is 16.4. The maximum Gasteiger partial charge on any atom is 0.351 e. The van der Waals surface area contributed by atoms with Crippen molar-refractivity contribution in [2.75, 3.05) is 0 Å². The number of nitrogens with zero attached hydrogens (tertiary/aromatic N) is 2. The van der Waals surface area contributed by atoms with Crippen molar-refractivity contribution in [1.82, 2.24) is 0 Å². The van der Waals surface area contributed by atoms with Crippen LogP contribution in [0.15, 0.2) is 72.4 Å². The zero-order valence-electron chi connectivity index (χ0n) is 11.6. The highest BCUT2D eigenvalue weighted by molar-refractivity contribution is 9.10. The minimum atomic E-state index is -1.33. The number of aromatic carboxylic acids is 1. The molecule has 0 amide bonds. The summed E-state index contributed by atoms with van der Waals surface area (Å²) in [6.45, 7) is 0. The normalized spacial score (nSPS) is 11.2. The monoisotopic (exact) mass is 372 g/mol. The predicted molar refractivity (Wildman–Crippen MR) is 87.8 cm³/mol. The van der Waals surface area contributed by atoms with E-state index in [9.17, 15) is 9.59 Å². The number of carboxylic acids is 1. The third kappa shape index (κ3) is 3.35. The van der Waals surface area contributed by atoms with E-state index < -0.39 is 17.2 Å². The molecule has 114 valence electrons. The number of fused-ring (bicyclic) bond motifs is 1. The van der Waals surface area contributed by atoms with Crippen LogP contribution in [0.5, 0.6) is 0 Å². The molecule has 2 aromatic carbocycles. The molecule has 0 saturated heterocycles. The lowest BCUT2D eigenvalue weighted by atomic mass is 10.1. The van der Waals surface area contributed by atoms with Crippen molar-refractivity contribution < 1.29 is 14.3 Å². The molecule has 1 heterocycles. The van der Waals surface area contributed by atoms with Gasteiger partial charge in [0.15, 0.2) is 0 Å². The molecule has 23 heavy (non-hydrogen) atoms. The van der Waals surface area contributed by atoms with Crippen LogP contribution in [0, 0.1) is 0 Å². The first-order valence-corrected chi connectivity index (χ1v) is 7.31. The van der Waals surface area contributed by atoms with Crippen LogP contribution in [0.4, 0.5) is 11.4 Å². The Morgan fingerprint density at radius 1 is 1.00 bits per heavy atom. The average Bonchev–Trinajstić information content (AvgIpc) is 2.53. The molecule has 7 heteroatoms. The van der Waals surface area contributed by atoms with Gasteiger partial charge in [-0.15, -0.1) is 0 Å². The summed E-state index contributed by atoms with van der Waals surface area (Å²) in [6.07, 6.45) is 0. The van der Waals surface area contributed by atoms with Crippen molar-refractivity contribution in [3.8, 4) is 0 Å². The second-order valence-electron chi connectivity index (χ2n) is 4.65. The second kappa shape index (κ2) is 6.13. The third-order valence-corrected chi connectivity index (χ3v) is 3.58. The SMILES string of the molecule is O=C(O)c1cc2cc(/N=N/c3ccc(Br)cc3)ccc2oc1=O. The van der Waals surface area contributed by atoms with Crippen molar-refractivity contribution in [2.24, 2.45) is 10.2 Å². The van der Waals surface area contributed by atoms with Crippen LogP contribution >= 0.6 is 15.9 Å². The molecule has 0 aliphatic carbocycles. The van der Waals surface area contributed by atoms with E-state index in [2.05, 4.69) is 26.2 Å². The lowest BCUT2D eigenvalue weighted by molar-refractivity contribution is 0.0692. The Morgan fingerprint density at radius 2 is 1.65 bits per heavy atom. The smallest absolute Gasteiger partial charge is 0.351 e. The summed E-state index contributed by atoms with van der Waals surface area (Å²) in [7, 11) is 0. The summed E-state index contributed by atoms with van der Waals surface area (Å²) < 4.78 is 5.91. The van der Waals surface area contributed by atoms with Crippen molar-refractivity contribution in [3.05, 3.63) is 69.0 Å². The summed E-state index contributed by atoms with van der Waals surface area (Å²) >= 11 is 3.34. The van der Waals surface area contributed by atoms with E-state index in [0.29, 0.717) is 22.3 Å². The second-order valence-corrected chi connectivity index (χ2v) is 5.57. The molecule has 0 fully saturated rings.